The first-order chi connectivity index (χ1) is 9.79. The summed E-state index contributed by atoms with van der Waals surface area (Å²) in [6.45, 7) is 1.62. The molecule has 1 fully saturated rings. The van der Waals surface area contributed by atoms with Crippen LogP contribution in [0.25, 0.3) is 0 Å². The molecular formula is C13H17NO5S2. The molecule has 0 saturated carbocycles. The van der Waals surface area contributed by atoms with Gasteiger partial charge in [-0.3, -0.25) is 4.21 Å². The van der Waals surface area contributed by atoms with Gasteiger partial charge in [0.15, 0.2) is 0 Å². The molecule has 0 unspecified atom stereocenters. The van der Waals surface area contributed by atoms with E-state index in [-0.39, 0.29) is 16.5 Å². The Morgan fingerprint density at radius 3 is 2.52 bits per heavy atom. The number of rotatable bonds is 4. The predicted molar refractivity (Wildman–Crippen MR) is 79.4 cm³/mol. The van der Waals surface area contributed by atoms with E-state index in [0.717, 1.165) is 0 Å². The van der Waals surface area contributed by atoms with Gasteiger partial charge in [-0.2, -0.15) is 0 Å². The van der Waals surface area contributed by atoms with Crippen LogP contribution in [0.15, 0.2) is 23.1 Å². The normalized spacial score (nSPS) is 22.9. The number of aromatic carboxylic acids is 1. The van der Waals surface area contributed by atoms with Crippen molar-refractivity contribution in [2.24, 2.45) is 0 Å². The molecular weight excluding hydrogens is 314 g/mol. The van der Waals surface area contributed by atoms with Crippen molar-refractivity contribution in [1.29, 1.82) is 0 Å². The van der Waals surface area contributed by atoms with Gasteiger partial charge in [0.25, 0.3) is 0 Å². The zero-order valence-electron chi connectivity index (χ0n) is 11.5. The van der Waals surface area contributed by atoms with Gasteiger partial charge >= 0.3 is 5.97 Å². The smallest absolute Gasteiger partial charge is 0.335 e. The third kappa shape index (κ3) is 3.90. The molecule has 116 valence electrons. The van der Waals surface area contributed by atoms with Crippen molar-refractivity contribution in [3.8, 4) is 0 Å². The molecule has 0 aromatic heterocycles. The van der Waals surface area contributed by atoms with Crippen LogP contribution < -0.4 is 4.72 Å². The lowest BCUT2D eigenvalue weighted by molar-refractivity contribution is 0.0696. The average molecular weight is 331 g/mol. The molecule has 0 bridgehead atoms. The van der Waals surface area contributed by atoms with Crippen LogP contribution in [0.2, 0.25) is 0 Å². The van der Waals surface area contributed by atoms with Gasteiger partial charge in [0.05, 0.1) is 10.5 Å². The van der Waals surface area contributed by atoms with E-state index >= 15 is 0 Å². The molecule has 2 rings (SSSR count). The standard InChI is InChI=1S/C13H17NO5S2/c1-9-2-3-10(13(15)16)8-12(9)21(18,19)14-11-4-6-20(17)7-5-11/h2-3,8,11,14H,4-7H2,1H3,(H,15,16). The minimum atomic E-state index is -3.78. The van der Waals surface area contributed by atoms with Crippen LogP contribution in [0.1, 0.15) is 28.8 Å². The van der Waals surface area contributed by atoms with Crippen molar-refractivity contribution in [3.05, 3.63) is 29.3 Å². The van der Waals surface area contributed by atoms with E-state index < -0.39 is 26.8 Å². The first-order valence-corrected chi connectivity index (χ1v) is 9.48. The molecule has 0 spiro atoms. The highest BCUT2D eigenvalue weighted by atomic mass is 32.2. The van der Waals surface area contributed by atoms with Gasteiger partial charge in [0, 0.05) is 28.3 Å². The van der Waals surface area contributed by atoms with E-state index in [9.17, 15) is 17.4 Å². The molecule has 1 aromatic rings. The SMILES string of the molecule is Cc1ccc(C(=O)O)cc1S(=O)(=O)NC1CCS(=O)CC1. The summed E-state index contributed by atoms with van der Waals surface area (Å²) in [5, 5.41) is 8.97. The summed E-state index contributed by atoms with van der Waals surface area (Å²) in [6, 6.07) is 3.77. The molecule has 21 heavy (non-hydrogen) atoms. The number of hydrogen-bond donors (Lipinski definition) is 2. The van der Waals surface area contributed by atoms with Crippen LogP contribution in [0.5, 0.6) is 0 Å². The number of sulfonamides is 1. The Morgan fingerprint density at radius 2 is 1.95 bits per heavy atom. The second kappa shape index (κ2) is 6.25. The van der Waals surface area contributed by atoms with Gasteiger partial charge in [0.1, 0.15) is 0 Å². The molecule has 1 saturated heterocycles. The zero-order chi connectivity index (χ0) is 15.6. The third-order valence-electron chi connectivity index (χ3n) is 3.43. The minimum absolute atomic E-state index is 0.0194. The van der Waals surface area contributed by atoms with Gasteiger partial charge < -0.3 is 5.11 Å². The van der Waals surface area contributed by atoms with Crippen molar-refractivity contribution in [2.75, 3.05) is 11.5 Å². The number of carboxylic acid groups (broad SMARTS) is 1. The van der Waals surface area contributed by atoms with Crippen molar-refractivity contribution < 1.29 is 22.5 Å². The lowest BCUT2D eigenvalue weighted by Gasteiger charge is -2.22. The molecule has 1 aromatic carbocycles. The predicted octanol–water partition coefficient (Wildman–Crippen LogP) is 0.883. The monoisotopic (exact) mass is 331 g/mol. The highest BCUT2D eigenvalue weighted by molar-refractivity contribution is 7.89. The van der Waals surface area contributed by atoms with E-state index in [1.807, 2.05) is 0 Å². The summed E-state index contributed by atoms with van der Waals surface area (Å²) in [4.78, 5) is 10.9. The topological polar surface area (TPSA) is 101 Å². The number of nitrogens with one attached hydrogen (secondary N) is 1. The lowest BCUT2D eigenvalue weighted by atomic mass is 10.1. The van der Waals surface area contributed by atoms with Crippen LogP contribution >= 0.6 is 0 Å². The van der Waals surface area contributed by atoms with Crippen molar-refractivity contribution in [3.63, 3.8) is 0 Å². The van der Waals surface area contributed by atoms with Crippen LogP contribution in [0.3, 0.4) is 0 Å². The Labute approximate surface area is 126 Å². The van der Waals surface area contributed by atoms with E-state index in [0.29, 0.717) is 29.9 Å². The number of carbonyl (C=O) groups is 1. The molecule has 0 amide bonds. The molecule has 1 aliphatic heterocycles. The Bertz CT molecular complexity index is 674. The van der Waals surface area contributed by atoms with E-state index in [1.54, 1.807) is 6.92 Å². The average Bonchev–Trinajstić information content (AvgIpc) is 2.41. The van der Waals surface area contributed by atoms with Crippen LogP contribution in [-0.2, 0) is 20.8 Å². The number of benzene rings is 1. The van der Waals surface area contributed by atoms with Gasteiger partial charge in [-0.15, -0.1) is 0 Å². The summed E-state index contributed by atoms with van der Waals surface area (Å²) < 4.78 is 38.7. The summed E-state index contributed by atoms with van der Waals surface area (Å²) in [7, 11) is -4.64. The first-order valence-electron chi connectivity index (χ1n) is 6.51. The fourth-order valence-electron chi connectivity index (χ4n) is 2.22. The van der Waals surface area contributed by atoms with Crippen LogP contribution in [0.4, 0.5) is 0 Å². The number of hydrogen-bond acceptors (Lipinski definition) is 4. The Balaban J connectivity index is 2.25. The summed E-state index contributed by atoms with van der Waals surface area (Å²) in [5.74, 6) is -0.192. The molecule has 1 aliphatic rings. The number of carboxylic acids is 1. The first kappa shape index (κ1) is 16.1. The molecule has 0 radical (unpaired) electrons. The fraction of sp³-hybridized carbons (Fsp3) is 0.462. The maximum Gasteiger partial charge on any atom is 0.335 e. The van der Waals surface area contributed by atoms with E-state index in [2.05, 4.69) is 4.72 Å². The second-order valence-electron chi connectivity index (χ2n) is 5.03. The second-order valence-corrected chi connectivity index (χ2v) is 8.41. The van der Waals surface area contributed by atoms with Gasteiger partial charge in [-0.25, -0.2) is 17.9 Å². The summed E-state index contributed by atoms with van der Waals surface area (Å²) in [6.07, 6.45) is 1.06. The van der Waals surface area contributed by atoms with Crippen molar-refractivity contribution in [2.45, 2.75) is 30.7 Å². The van der Waals surface area contributed by atoms with Gasteiger partial charge in [-0.1, -0.05) is 6.07 Å². The largest absolute Gasteiger partial charge is 0.478 e. The molecule has 6 nitrogen and oxygen atoms in total. The maximum atomic E-state index is 12.4. The summed E-state index contributed by atoms with van der Waals surface area (Å²) in [5.41, 5.74) is 0.428. The van der Waals surface area contributed by atoms with E-state index in [1.165, 1.54) is 18.2 Å². The fourth-order valence-corrected chi connectivity index (χ4v) is 5.09. The highest BCUT2D eigenvalue weighted by Crippen LogP contribution is 2.19. The quantitative estimate of drug-likeness (QED) is 0.853. The Morgan fingerprint density at radius 1 is 1.33 bits per heavy atom. The molecule has 0 aliphatic carbocycles. The van der Waals surface area contributed by atoms with Gasteiger partial charge in [-0.05, 0) is 37.5 Å². The van der Waals surface area contributed by atoms with Crippen LogP contribution in [-0.4, -0.2) is 41.3 Å². The lowest BCUT2D eigenvalue weighted by Crippen LogP contribution is -2.39. The van der Waals surface area contributed by atoms with Crippen molar-refractivity contribution >= 4 is 26.8 Å². The number of aryl methyl sites for hydroxylation is 1. The van der Waals surface area contributed by atoms with E-state index in [4.69, 9.17) is 5.11 Å². The molecule has 2 N–H and O–H groups in total. The summed E-state index contributed by atoms with van der Waals surface area (Å²) >= 11 is 0. The molecule has 8 heteroatoms. The van der Waals surface area contributed by atoms with Crippen LogP contribution in [0, 0.1) is 6.92 Å². The third-order valence-corrected chi connectivity index (χ3v) is 6.48. The van der Waals surface area contributed by atoms with Crippen molar-refractivity contribution in [1.82, 2.24) is 4.72 Å². The molecule has 0 atom stereocenters. The molecule has 1 heterocycles. The minimum Gasteiger partial charge on any atom is -0.478 e. The highest BCUT2D eigenvalue weighted by Gasteiger charge is 2.25. The Hall–Kier alpha value is -1.25. The zero-order valence-corrected chi connectivity index (χ0v) is 13.2. The Kier molecular flexibility index (Phi) is 4.80. The van der Waals surface area contributed by atoms with Gasteiger partial charge in [0.2, 0.25) is 10.0 Å². The maximum absolute atomic E-state index is 12.4.